The molecular weight excluding hydrogens is 325 g/mol. The van der Waals surface area contributed by atoms with Crippen LogP contribution in [0.25, 0.3) is 5.78 Å². The standard InChI is InChI=1S/C17H18FN5O2/c1-4-14(24)22(9-12-5-7-13(18)8-6-12)17-20-16-19-11(3)10(2)15(25)23(16)21-17/h5-8H,4,9H2,1-3H3,(H,19,20,21). The normalized spacial score (nSPS) is 11.0. The maximum Gasteiger partial charge on any atom is 0.277 e. The summed E-state index contributed by atoms with van der Waals surface area (Å²) in [5.74, 6) is -0.0886. The van der Waals surface area contributed by atoms with Gasteiger partial charge < -0.3 is 0 Å². The van der Waals surface area contributed by atoms with Gasteiger partial charge in [-0.05, 0) is 31.5 Å². The second-order valence-corrected chi connectivity index (χ2v) is 5.77. The molecule has 3 rings (SSSR count). The minimum absolute atomic E-state index is 0.176. The number of halogens is 1. The fourth-order valence-corrected chi connectivity index (χ4v) is 2.46. The summed E-state index contributed by atoms with van der Waals surface area (Å²) in [4.78, 5) is 34.7. The molecule has 1 amide bonds. The monoisotopic (exact) mass is 343 g/mol. The SMILES string of the molecule is CCC(=O)N(Cc1ccc(F)cc1)c1nc2nc(C)c(C)c(=O)n2[nH]1. The highest BCUT2D eigenvalue weighted by Gasteiger charge is 2.20. The minimum Gasteiger partial charge on any atom is -0.277 e. The molecule has 0 unspecified atom stereocenters. The van der Waals surface area contributed by atoms with Crippen LogP contribution in [0.4, 0.5) is 10.3 Å². The fraction of sp³-hybridized carbons (Fsp3) is 0.294. The molecule has 0 aliphatic rings. The molecule has 0 aliphatic carbocycles. The minimum atomic E-state index is -0.345. The molecular formula is C17H18FN5O2. The van der Waals surface area contributed by atoms with Crippen molar-refractivity contribution in [3.05, 3.63) is 57.3 Å². The third-order valence-electron chi connectivity index (χ3n) is 4.07. The number of aromatic nitrogens is 4. The fourth-order valence-electron chi connectivity index (χ4n) is 2.46. The smallest absolute Gasteiger partial charge is 0.277 e. The van der Waals surface area contributed by atoms with E-state index >= 15 is 0 Å². The first kappa shape index (κ1) is 16.8. The molecule has 0 atom stereocenters. The van der Waals surface area contributed by atoms with E-state index in [9.17, 15) is 14.0 Å². The summed E-state index contributed by atoms with van der Waals surface area (Å²) in [5.41, 5.74) is 1.60. The van der Waals surface area contributed by atoms with Crippen molar-refractivity contribution in [1.29, 1.82) is 0 Å². The van der Waals surface area contributed by atoms with Gasteiger partial charge in [0.25, 0.3) is 11.3 Å². The quantitative estimate of drug-likeness (QED) is 0.786. The van der Waals surface area contributed by atoms with E-state index in [0.29, 0.717) is 11.3 Å². The van der Waals surface area contributed by atoms with E-state index in [1.54, 1.807) is 32.9 Å². The number of H-pyrrole nitrogens is 1. The van der Waals surface area contributed by atoms with Gasteiger partial charge in [0.1, 0.15) is 5.82 Å². The molecule has 7 nitrogen and oxygen atoms in total. The summed E-state index contributed by atoms with van der Waals surface area (Å²) in [6.07, 6.45) is 0.263. The second-order valence-electron chi connectivity index (χ2n) is 5.77. The Bertz CT molecular complexity index is 991. The first-order valence-electron chi connectivity index (χ1n) is 7.91. The molecule has 0 radical (unpaired) electrons. The average Bonchev–Trinajstić information content (AvgIpc) is 3.02. The summed E-state index contributed by atoms with van der Waals surface area (Å²) in [6.45, 7) is 5.37. The van der Waals surface area contributed by atoms with Crippen LogP contribution in [0.2, 0.25) is 0 Å². The number of hydrogen-bond acceptors (Lipinski definition) is 4. The van der Waals surface area contributed by atoms with Crippen LogP contribution in [0.3, 0.4) is 0 Å². The van der Waals surface area contributed by atoms with Gasteiger partial charge in [-0.3, -0.25) is 19.6 Å². The molecule has 0 saturated carbocycles. The Kier molecular flexibility index (Phi) is 4.35. The lowest BCUT2D eigenvalue weighted by Crippen LogP contribution is -2.31. The van der Waals surface area contributed by atoms with Crippen molar-refractivity contribution in [3.63, 3.8) is 0 Å². The second kappa shape index (κ2) is 6.46. The molecule has 8 heteroatoms. The number of anilines is 1. The van der Waals surface area contributed by atoms with Crippen LogP contribution < -0.4 is 10.5 Å². The number of carbonyl (C=O) groups is 1. The lowest BCUT2D eigenvalue weighted by molar-refractivity contribution is -0.118. The Balaban J connectivity index is 2.06. The molecule has 2 heterocycles. The summed E-state index contributed by atoms with van der Waals surface area (Å²) >= 11 is 0. The number of carbonyl (C=O) groups excluding carboxylic acids is 1. The van der Waals surface area contributed by atoms with Gasteiger partial charge in [0.05, 0.1) is 6.54 Å². The molecule has 3 aromatic rings. The van der Waals surface area contributed by atoms with Crippen LogP contribution in [-0.2, 0) is 11.3 Å². The molecule has 0 fully saturated rings. The lowest BCUT2D eigenvalue weighted by atomic mass is 10.2. The third kappa shape index (κ3) is 3.15. The highest BCUT2D eigenvalue weighted by atomic mass is 19.1. The van der Waals surface area contributed by atoms with E-state index in [1.807, 2.05) is 0 Å². The van der Waals surface area contributed by atoms with Crippen LogP contribution in [0, 0.1) is 19.7 Å². The third-order valence-corrected chi connectivity index (χ3v) is 4.07. The zero-order chi connectivity index (χ0) is 18.1. The van der Waals surface area contributed by atoms with Gasteiger partial charge in [-0.15, -0.1) is 0 Å². The largest absolute Gasteiger partial charge is 0.277 e. The maximum absolute atomic E-state index is 13.1. The van der Waals surface area contributed by atoms with Crippen molar-refractivity contribution >= 4 is 17.6 Å². The summed E-state index contributed by atoms with van der Waals surface area (Å²) in [7, 11) is 0. The van der Waals surface area contributed by atoms with Gasteiger partial charge in [0.2, 0.25) is 11.9 Å². The van der Waals surface area contributed by atoms with Gasteiger partial charge in [-0.25, -0.2) is 9.37 Å². The summed E-state index contributed by atoms with van der Waals surface area (Å²) in [5, 5.41) is 2.84. The topological polar surface area (TPSA) is 83.4 Å². The zero-order valence-corrected chi connectivity index (χ0v) is 14.2. The Morgan fingerprint density at radius 3 is 2.56 bits per heavy atom. The van der Waals surface area contributed by atoms with Gasteiger partial charge >= 0.3 is 0 Å². The molecule has 2 aromatic heterocycles. The number of aromatic amines is 1. The average molecular weight is 343 g/mol. The number of hydrogen-bond donors (Lipinski definition) is 1. The van der Waals surface area contributed by atoms with Gasteiger partial charge in [0, 0.05) is 17.7 Å². The van der Waals surface area contributed by atoms with Crippen LogP contribution in [0.15, 0.2) is 29.1 Å². The first-order valence-corrected chi connectivity index (χ1v) is 7.91. The lowest BCUT2D eigenvalue weighted by Gasteiger charge is -2.19. The molecule has 25 heavy (non-hydrogen) atoms. The molecule has 1 aromatic carbocycles. The van der Waals surface area contributed by atoms with Crippen molar-refractivity contribution in [2.45, 2.75) is 33.7 Å². The van der Waals surface area contributed by atoms with Crippen LogP contribution >= 0.6 is 0 Å². The van der Waals surface area contributed by atoms with Crippen LogP contribution in [0.5, 0.6) is 0 Å². The van der Waals surface area contributed by atoms with E-state index in [4.69, 9.17) is 0 Å². The van der Waals surface area contributed by atoms with Crippen LogP contribution in [-0.4, -0.2) is 25.5 Å². The number of fused-ring (bicyclic) bond motifs is 1. The zero-order valence-electron chi connectivity index (χ0n) is 14.2. The van der Waals surface area contributed by atoms with E-state index < -0.39 is 0 Å². The van der Waals surface area contributed by atoms with E-state index in [0.717, 1.165) is 5.56 Å². The first-order chi connectivity index (χ1) is 11.9. The van der Waals surface area contributed by atoms with Crippen molar-refractivity contribution in [2.24, 2.45) is 0 Å². The predicted octanol–water partition coefficient (Wildman–Crippen LogP) is 2.12. The van der Waals surface area contributed by atoms with Gasteiger partial charge in [-0.1, -0.05) is 19.1 Å². The van der Waals surface area contributed by atoms with E-state index in [1.165, 1.54) is 21.5 Å². The number of benzene rings is 1. The Morgan fingerprint density at radius 2 is 1.92 bits per heavy atom. The maximum atomic E-state index is 13.1. The van der Waals surface area contributed by atoms with Crippen molar-refractivity contribution in [2.75, 3.05) is 4.90 Å². The Labute approximate surface area is 143 Å². The number of rotatable bonds is 4. The Morgan fingerprint density at radius 1 is 1.24 bits per heavy atom. The number of amides is 1. The molecule has 130 valence electrons. The van der Waals surface area contributed by atoms with Crippen molar-refractivity contribution < 1.29 is 9.18 Å². The summed E-state index contributed by atoms with van der Waals surface area (Å²) < 4.78 is 14.3. The van der Waals surface area contributed by atoms with Gasteiger partial charge in [0.15, 0.2) is 0 Å². The summed E-state index contributed by atoms with van der Waals surface area (Å²) in [6, 6.07) is 5.88. The number of nitrogens with one attached hydrogen (secondary N) is 1. The van der Waals surface area contributed by atoms with Crippen molar-refractivity contribution in [1.82, 2.24) is 19.6 Å². The molecule has 0 bridgehead atoms. The number of aryl methyl sites for hydroxylation is 1. The van der Waals surface area contributed by atoms with E-state index in [-0.39, 0.29) is 42.0 Å². The predicted molar refractivity (Wildman–Crippen MR) is 91.0 cm³/mol. The van der Waals surface area contributed by atoms with Crippen molar-refractivity contribution in [3.8, 4) is 0 Å². The molecule has 1 N–H and O–H groups in total. The van der Waals surface area contributed by atoms with E-state index in [2.05, 4.69) is 15.1 Å². The highest BCUT2D eigenvalue weighted by molar-refractivity contribution is 5.91. The van der Waals surface area contributed by atoms with Gasteiger partial charge in [-0.2, -0.15) is 9.50 Å². The number of nitrogens with zero attached hydrogens (tertiary/aromatic N) is 4. The molecule has 0 aliphatic heterocycles. The Hall–Kier alpha value is -3.03. The molecule has 0 spiro atoms. The highest BCUT2D eigenvalue weighted by Crippen LogP contribution is 2.15. The van der Waals surface area contributed by atoms with Crippen LogP contribution in [0.1, 0.15) is 30.2 Å². The molecule has 0 saturated heterocycles.